The lowest BCUT2D eigenvalue weighted by molar-refractivity contribution is -0.131. The number of carbonyl (C=O) groups excluding carboxylic acids is 1. The van der Waals surface area contributed by atoms with E-state index in [2.05, 4.69) is 12.1 Å². The van der Waals surface area contributed by atoms with Crippen LogP contribution < -0.4 is 5.73 Å². The van der Waals surface area contributed by atoms with Crippen LogP contribution in [0.15, 0.2) is 36.0 Å². The molecular weight excluding hydrogens is 296 g/mol. The van der Waals surface area contributed by atoms with Crippen molar-refractivity contribution in [2.24, 2.45) is 5.73 Å². The molecular formula is C18H23ClN2O. The molecule has 3 nitrogen and oxygen atoms in total. The number of benzene rings is 1. The molecule has 22 heavy (non-hydrogen) atoms. The molecule has 1 aromatic rings. The van der Waals surface area contributed by atoms with Crippen LogP contribution in [0.25, 0.3) is 0 Å². The van der Waals surface area contributed by atoms with E-state index in [0.29, 0.717) is 13.0 Å². The Bertz CT molecular complexity index is 599. The topological polar surface area (TPSA) is 46.3 Å². The van der Waals surface area contributed by atoms with Gasteiger partial charge in [0.05, 0.1) is 0 Å². The van der Waals surface area contributed by atoms with Crippen molar-refractivity contribution in [2.75, 3.05) is 13.1 Å². The molecule has 0 bridgehead atoms. The molecule has 2 aliphatic rings. The van der Waals surface area contributed by atoms with E-state index in [1.54, 1.807) is 0 Å². The third kappa shape index (κ3) is 2.92. The second kappa shape index (κ2) is 6.43. The van der Waals surface area contributed by atoms with Crippen molar-refractivity contribution in [1.29, 1.82) is 0 Å². The highest BCUT2D eigenvalue weighted by atomic mass is 35.5. The molecule has 1 aliphatic carbocycles. The molecule has 1 saturated heterocycles. The summed E-state index contributed by atoms with van der Waals surface area (Å²) >= 11 is 6.14. The Labute approximate surface area is 137 Å². The Morgan fingerprint density at radius 1 is 1.27 bits per heavy atom. The molecule has 0 aromatic heterocycles. The first-order valence-corrected chi connectivity index (χ1v) is 8.48. The summed E-state index contributed by atoms with van der Waals surface area (Å²) in [6, 6.07) is 8.02. The minimum Gasteiger partial charge on any atom is -0.330 e. The van der Waals surface area contributed by atoms with Gasteiger partial charge >= 0.3 is 0 Å². The van der Waals surface area contributed by atoms with E-state index in [1.807, 2.05) is 23.1 Å². The molecule has 1 atom stereocenters. The lowest BCUT2D eigenvalue weighted by Gasteiger charge is -2.39. The van der Waals surface area contributed by atoms with Crippen LogP contribution in [0.3, 0.4) is 0 Å². The maximum atomic E-state index is 12.1. The summed E-state index contributed by atoms with van der Waals surface area (Å²) in [5.74, 6) is 0.278. The number of nitrogens with zero attached hydrogens (tertiary/aromatic N) is 1. The molecule has 0 spiro atoms. The van der Waals surface area contributed by atoms with Gasteiger partial charge in [0.15, 0.2) is 0 Å². The SMILES string of the molecule is NC[C@]1(c2cccc(Cl)c2)CC=C(N2CCCCC2=O)CC1. The Balaban J connectivity index is 1.82. The first kappa shape index (κ1) is 15.6. The molecule has 1 aromatic carbocycles. The number of halogens is 1. The van der Waals surface area contributed by atoms with E-state index in [0.717, 1.165) is 43.7 Å². The molecule has 1 amide bonds. The number of rotatable bonds is 3. The van der Waals surface area contributed by atoms with E-state index >= 15 is 0 Å². The van der Waals surface area contributed by atoms with Crippen molar-refractivity contribution in [3.05, 3.63) is 46.6 Å². The summed E-state index contributed by atoms with van der Waals surface area (Å²) in [6.07, 6.45) is 7.81. The van der Waals surface area contributed by atoms with Gasteiger partial charge in [0, 0.05) is 35.6 Å². The van der Waals surface area contributed by atoms with Gasteiger partial charge in [0.1, 0.15) is 0 Å². The molecule has 0 saturated carbocycles. The smallest absolute Gasteiger partial charge is 0.226 e. The summed E-state index contributed by atoms with van der Waals surface area (Å²) < 4.78 is 0. The van der Waals surface area contributed by atoms with Crippen molar-refractivity contribution >= 4 is 17.5 Å². The fraction of sp³-hybridized carbons (Fsp3) is 0.500. The van der Waals surface area contributed by atoms with Gasteiger partial charge in [0.25, 0.3) is 0 Å². The second-order valence-electron chi connectivity index (χ2n) is 6.40. The largest absolute Gasteiger partial charge is 0.330 e. The Kier molecular flexibility index (Phi) is 4.55. The average Bonchev–Trinajstić information content (AvgIpc) is 2.55. The fourth-order valence-corrected chi connectivity index (χ4v) is 3.81. The van der Waals surface area contributed by atoms with Gasteiger partial charge in [-0.3, -0.25) is 4.79 Å². The molecule has 2 N–H and O–H groups in total. The summed E-state index contributed by atoms with van der Waals surface area (Å²) in [7, 11) is 0. The first-order chi connectivity index (χ1) is 10.6. The van der Waals surface area contributed by atoms with E-state index in [1.165, 1.54) is 11.3 Å². The van der Waals surface area contributed by atoms with Crippen molar-refractivity contribution in [3.8, 4) is 0 Å². The molecule has 1 aliphatic heterocycles. The van der Waals surface area contributed by atoms with Crippen LogP contribution in [0.1, 0.15) is 44.1 Å². The number of hydrogen-bond acceptors (Lipinski definition) is 2. The number of carbonyl (C=O) groups is 1. The van der Waals surface area contributed by atoms with Crippen LogP contribution in [0.4, 0.5) is 0 Å². The number of likely N-dealkylation sites (tertiary alicyclic amines) is 1. The van der Waals surface area contributed by atoms with E-state index < -0.39 is 0 Å². The minimum absolute atomic E-state index is 0.0484. The zero-order chi connectivity index (χ0) is 15.6. The van der Waals surface area contributed by atoms with Crippen LogP contribution in [-0.2, 0) is 10.2 Å². The zero-order valence-electron chi connectivity index (χ0n) is 12.9. The standard InChI is InChI=1S/C18H23ClN2O/c19-15-5-3-4-14(12-15)18(13-20)9-7-16(8-10-18)21-11-2-1-6-17(21)22/h3-5,7,12H,1-2,6,8-11,13,20H2/t18-/m0/s1. The number of nitrogens with two attached hydrogens (primary N) is 1. The molecule has 3 rings (SSSR count). The van der Waals surface area contributed by atoms with Gasteiger partial charge in [0.2, 0.25) is 5.91 Å². The Hall–Kier alpha value is -1.32. The molecule has 1 fully saturated rings. The average molecular weight is 319 g/mol. The Morgan fingerprint density at radius 2 is 2.14 bits per heavy atom. The van der Waals surface area contributed by atoms with Gasteiger partial charge in [-0.15, -0.1) is 0 Å². The van der Waals surface area contributed by atoms with Gasteiger partial charge < -0.3 is 10.6 Å². The highest BCUT2D eigenvalue weighted by Gasteiger charge is 2.35. The lowest BCUT2D eigenvalue weighted by Crippen LogP contribution is -2.40. The van der Waals surface area contributed by atoms with Crippen LogP contribution in [0, 0.1) is 0 Å². The van der Waals surface area contributed by atoms with Gasteiger partial charge in [-0.1, -0.05) is 29.8 Å². The van der Waals surface area contributed by atoms with Crippen LogP contribution in [-0.4, -0.2) is 23.9 Å². The van der Waals surface area contributed by atoms with Crippen molar-refractivity contribution < 1.29 is 4.79 Å². The van der Waals surface area contributed by atoms with Crippen molar-refractivity contribution in [2.45, 2.75) is 43.9 Å². The molecule has 0 radical (unpaired) electrons. The zero-order valence-corrected chi connectivity index (χ0v) is 13.6. The Morgan fingerprint density at radius 3 is 2.77 bits per heavy atom. The first-order valence-electron chi connectivity index (χ1n) is 8.10. The summed E-state index contributed by atoms with van der Waals surface area (Å²) in [5.41, 5.74) is 8.47. The third-order valence-corrected chi connectivity index (χ3v) is 5.32. The van der Waals surface area contributed by atoms with Gasteiger partial charge in [-0.25, -0.2) is 0 Å². The highest BCUT2D eigenvalue weighted by molar-refractivity contribution is 6.30. The molecule has 1 heterocycles. The van der Waals surface area contributed by atoms with Gasteiger partial charge in [-0.2, -0.15) is 0 Å². The van der Waals surface area contributed by atoms with Crippen LogP contribution in [0.2, 0.25) is 5.02 Å². The molecule has 0 unspecified atom stereocenters. The predicted molar refractivity (Wildman–Crippen MR) is 89.7 cm³/mol. The number of amides is 1. The van der Waals surface area contributed by atoms with Gasteiger partial charge in [-0.05, 0) is 49.8 Å². The van der Waals surface area contributed by atoms with E-state index in [-0.39, 0.29) is 11.3 Å². The van der Waals surface area contributed by atoms with E-state index in [4.69, 9.17) is 17.3 Å². The predicted octanol–water partition coefficient (Wildman–Crippen LogP) is 3.62. The molecule has 4 heteroatoms. The normalized spacial score (nSPS) is 26.0. The fourth-order valence-electron chi connectivity index (χ4n) is 3.62. The monoisotopic (exact) mass is 318 g/mol. The second-order valence-corrected chi connectivity index (χ2v) is 6.83. The number of hydrogen-bond donors (Lipinski definition) is 1. The summed E-state index contributed by atoms with van der Waals surface area (Å²) in [4.78, 5) is 14.1. The summed E-state index contributed by atoms with van der Waals surface area (Å²) in [5, 5.41) is 0.756. The quantitative estimate of drug-likeness (QED) is 0.925. The maximum Gasteiger partial charge on any atom is 0.226 e. The number of allylic oxidation sites excluding steroid dienone is 2. The highest BCUT2D eigenvalue weighted by Crippen LogP contribution is 2.40. The van der Waals surface area contributed by atoms with Crippen LogP contribution in [0.5, 0.6) is 0 Å². The van der Waals surface area contributed by atoms with E-state index in [9.17, 15) is 4.79 Å². The molecule has 118 valence electrons. The minimum atomic E-state index is -0.0484. The lowest BCUT2D eigenvalue weighted by atomic mass is 9.71. The third-order valence-electron chi connectivity index (χ3n) is 5.09. The maximum absolute atomic E-state index is 12.1. The summed E-state index contributed by atoms with van der Waals surface area (Å²) in [6.45, 7) is 1.47. The van der Waals surface area contributed by atoms with Crippen molar-refractivity contribution in [1.82, 2.24) is 4.90 Å². The van der Waals surface area contributed by atoms with Crippen molar-refractivity contribution in [3.63, 3.8) is 0 Å². The van der Waals surface area contributed by atoms with Crippen LogP contribution >= 0.6 is 11.6 Å². The number of piperidine rings is 1.